The van der Waals surface area contributed by atoms with Crippen LogP contribution in [0.15, 0.2) is 4.99 Å². The van der Waals surface area contributed by atoms with Crippen LogP contribution in [0.25, 0.3) is 0 Å². The third kappa shape index (κ3) is 0.934. The van der Waals surface area contributed by atoms with Gasteiger partial charge in [0.05, 0.1) is 6.34 Å². The van der Waals surface area contributed by atoms with Crippen molar-refractivity contribution in [2.24, 2.45) is 4.99 Å². The van der Waals surface area contributed by atoms with E-state index >= 15 is 0 Å². The fourth-order valence-electron chi connectivity index (χ4n) is 1.34. The van der Waals surface area contributed by atoms with Crippen molar-refractivity contribution in [2.75, 3.05) is 20.9 Å². The average molecular weight is 205 g/mol. The van der Waals surface area contributed by atoms with Crippen molar-refractivity contribution >= 4 is 18.3 Å². The van der Waals surface area contributed by atoms with Crippen LogP contribution in [0.1, 0.15) is 12.3 Å². The molecule has 6 heteroatoms. The second kappa shape index (κ2) is 2.70. The van der Waals surface area contributed by atoms with E-state index in [1.165, 1.54) is 0 Å². The minimum atomic E-state index is -3.26. The number of nitrogens with zero attached hydrogens (tertiary/aromatic N) is 4. The number of amides is 3. The number of fused-ring (bicyclic) bond motifs is 1. The van der Waals surface area contributed by atoms with Gasteiger partial charge in [-0.05, 0) is 0 Å². The average Bonchev–Trinajstić information content (AvgIpc) is 2.68. The molecule has 0 aromatic carbocycles. The van der Waals surface area contributed by atoms with Crippen molar-refractivity contribution in [3.8, 4) is 0 Å². The smallest absolute Gasteiger partial charge is 0.328 e. The Balaban J connectivity index is 2.56. The third-order valence-corrected chi connectivity index (χ3v) is 2.06. The van der Waals surface area contributed by atoms with E-state index in [-0.39, 0.29) is 9.80 Å². The van der Waals surface area contributed by atoms with E-state index in [1.54, 1.807) is 0 Å². The number of likely N-dealkylation sites (N-methyl/N-ethyl adjacent to an activating group) is 3. The highest BCUT2D eigenvalue weighted by Crippen LogP contribution is 2.22. The third-order valence-electron chi connectivity index (χ3n) is 2.06. The van der Waals surface area contributed by atoms with Crippen LogP contribution in [0.3, 0.4) is 0 Å². The largest absolute Gasteiger partial charge is 0.351 e. The number of rotatable bonds is 0. The zero-order valence-electron chi connectivity index (χ0n) is 15.8. The highest BCUT2D eigenvalue weighted by molar-refractivity contribution is 6.01. The van der Waals surface area contributed by atoms with Gasteiger partial charge in [0.15, 0.2) is 12.2 Å². The van der Waals surface area contributed by atoms with Gasteiger partial charge < -0.3 is 9.80 Å². The summed E-state index contributed by atoms with van der Waals surface area (Å²) in [7, 11) is 0. The van der Waals surface area contributed by atoms with Gasteiger partial charge in [0.1, 0.15) is 0 Å². The number of hydrogen-bond acceptors (Lipinski definition) is 4. The van der Waals surface area contributed by atoms with Gasteiger partial charge in [-0.1, -0.05) is 0 Å². The summed E-state index contributed by atoms with van der Waals surface area (Å²) in [6.07, 6.45) is -0.906. The minimum Gasteiger partial charge on any atom is -0.351 e. The molecule has 6 nitrogen and oxygen atoms in total. The monoisotopic (exact) mass is 205 g/mol. The molecule has 0 aromatic heterocycles. The van der Waals surface area contributed by atoms with Crippen molar-refractivity contribution in [1.82, 2.24) is 14.7 Å². The molecular formula is C8H12N4O2. The van der Waals surface area contributed by atoms with Gasteiger partial charge in [0.2, 0.25) is 0 Å². The molecular weight excluding hydrogens is 184 g/mol. The molecule has 2 heterocycles. The molecule has 2 rings (SSSR count). The molecule has 0 spiro atoms. The van der Waals surface area contributed by atoms with Crippen LogP contribution >= 0.6 is 0 Å². The van der Waals surface area contributed by atoms with Gasteiger partial charge in [-0.25, -0.2) is 9.79 Å². The Morgan fingerprint density at radius 2 is 2.29 bits per heavy atom. The van der Waals surface area contributed by atoms with Crippen LogP contribution in [0.2, 0.25) is 0 Å². The van der Waals surface area contributed by atoms with E-state index in [0.29, 0.717) is 4.90 Å². The first-order valence-electron chi connectivity index (χ1n) is 8.16. The number of urea groups is 1. The Labute approximate surface area is 94.4 Å². The number of aliphatic imine (C=N–C) groups is 1. The van der Waals surface area contributed by atoms with Crippen LogP contribution in [-0.2, 0) is 4.79 Å². The van der Waals surface area contributed by atoms with Gasteiger partial charge in [0, 0.05) is 33.3 Å². The van der Waals surface area contributed by atoms with Gasteiger partial charge in [0.25, 0.3) is 5.91 Å². The molecule has 0 aromatic rings. The fourth-order valence-corrected chi connectivity index (χ4v) is 1.34. The maximum Gasteiger partial charge on any atom is 0.328 e. The summed E-state index contributed by atoms with van der Waals surface area (Å²) >= 11 is 0. The summed E-state index contributed by atoms with van der Waals surface area (Å²) in [5.74, 6) is -1.34. The molecule has 1 saturated heterocycles. The highest BCUT2D eigenvalue weighted by Gasteiger charge is 2.47. The molecule has 76 valence electrons. The quantitative estimate of drug-likeness (QED) is 0.519. The minimum absolute atomic E-state index is 0.133. The van der Waals surface area contributed by atoms with E-state index < -0.39 is 45.1 Å². The molecule has 2 aliphatic heterocycles. The Morgan fingerprint density at radius 3 is 2.93 bits per heavy atom. The van der Waals surface area contributed by atoms with Crippen molar-refractivity contribution in [3.05, 3.63) is 0 Å². The first kappa shape index (κ1) is 3.22. The van der Waals surface area contributed by atoms with Crippen molar-refractivity contribution in [2.45, 2.75) is 12.2 Å². The topological polar surface area (TPSA) is 56.2 Å². The molecule has 0 bridgehead atoms. The van der Waals surface area contributed by atoms with E-state index in [9.17, 15) is 9.59 Å². The lowest BCUT2D eigenvalue weighted by atomic mass is 10.1. The summed E-state index contributed by atoms with van der Waals surface area (Å²) in [5.41, 5.74) is 0. The Kier molecular flexibility index (Phi) is 0.620. The predicted octanol–water partition coefficient (Wildman–Crippen LogP) is -0.821. The summed E-state index contributed by atoms with van der Waals surface area (Å²) in [5, 5.41) is 0. The lowest BCUT2D eigenvalue weighted by Gasteiger charge is -2.38. The number of imide groups is 1. The molecule has 1 fully saturated rings. The maximum absolute atomic E-state index is 12.4. The lowest BCUT2D eigenvalue weighted by molar-refractivity contribution is -0.135. The summed E-state index contributed by atoms with van der Waals surface area (Å²) in [6, 6.07) is -3.32. The molecule has 0 radical (unpaired) electrons. The molecule has 2 aliphatic rings. The van der Waals surface area contributed by atoms with E-state index in [4.69, 9.17) is 12.3 Å². The summed E-state index contributed by atoms with van der Waals surface area (Å²) < 4.78 is 66.0. The summed E-state index contributed by atoms with van der Waals surface area (Å²) in [6.45, 7) is -9.22. The molecule has 0 saturated carbocycles. The Hall–Kier alpha value is -1.59. The van der Waals surface area contributed by atoms with Crippen molar-refractivity contribution in [1.29, 1.82) is 0 Å². The zero-order chi connectivity index (χ0) is 18.0. The van der Waals surface area contributed by atoms with Gasteiger partial charge in [-0.15, -0.1) is 0 Å². The van der Waals surface area contributed by atoms with E-state index in [2.05, 4.69) is 4.99 Å². The van der Waals surface area contributed by atoms with Gasteiger partial charge in [-0.3, -0.25) is 9.69 Å². The summed E-state index contributed by atoms with van der Waals surface area (Å²) in [4.78, 5) is 28.6. The van der Waals surface area contributed by atoms with Crippen molar-refractivity contribution in [3.63, 3.8) is 0 Å². The molecule has 0 N–H and O–H groups in total. The molecule has 3 amide bonds. The fraction of sp³-hybridized carbons (Fsp3) is 0.625. The SMILES string of the molecule is [2H]C([2H])([2H])N1C(=O)C2C(N=CN2C([2H])([2H])[2H])N(C([2H])([2H])[2H])C1=O. The lowest BCUT2D eigenvalue weighted by Crippen LogP contribution is -2.63. The molecule has 2 unspecified atom stereocenters. The second-order valence-corrected chi connectivity index (χ2v) is 2.86. The molecule has 0 aliphatic carbocycles. The van der Waals surface area contributed by atoms with Crippen LogP contribution in [0, 0.1) is 0 Å². The first-order chi connectivity index (χ1) is 10.2. The van der Waals surface area contributed by atoms with Gasteiger partial charge >= 0.3 is 6.03 Å². The van der Waals surface area contributed by atoms with Crippen LogP contribution in [-0.4, -0.2) is 66.1 Å². The number of carbonyl (C=O) groups excluding carboxylic acids is 2. The zero-order valence-corrected chi connectivity index (χ0v) is 6.84. The maximum atomic E-state index is 12.4. The van der Waals surface area contributed by atoms with Crippen LogP contribution in [0.4, 0.5) is 4.79 Å². The molecule has 2 atom stereocenters. The normalized spacial score (nSPS) is 43.7. The molecule has 14 heavy (non-hydrogen) atoms. The standard InChI is InChI=1S/C8H12N4O2/c1-10-4-9-6-5(10)7(13)12(3)8(14)11(6)2/h4-6H,1-3H3/i1D3,2D3,3D3. The highest BCUT2D eigenvalue weighted by atomic mass is 16.2. The Morgan fingerprint density at radius 1 is 1.43 bits per heavy atom. The van der Waals surface area contributed by atoms with Crippen molar-refractivity contribution < 1.29 is 21.9 Å². The predicted molar refractivity (Wildman–Crippen MR) is 49.8 cm³/mol. The van der Waals surface area contributed by atoms with E-state index in [0.717, 1.165) is 6.34 Å². The van der Waals surface area contributed by atoms with Crippen LogP contribution < -0.4 is 0 Å². The number of hydrogen-bond donors (Lipinski definition) is 0. The van der Waals surface area contributed by atoms with Crippen LogP contribution in [0.5, 0.6) is 0 Å². The first-order valence-corrected chi connectivity index (χ1v) is 3.66. The van der Waals surface area contributed by atoms with Gasteiger partial charge in [-0.2, -0.15) is 0 Å². The Bertz CT molecular complexity index is 565. The number of carbonyl (C=O) groups is 2. The van der Waals surface area contributed by atoms with E-state index in [1.807, 2.05) is 0 Å². The second-order valence-electron chi connectivity index (χ2n) is 2.86.